The van der Waals surface area contributed by atoms with Gasteiger partial charge in [0.15, 0.2) is 23.2 Å². The topological polar surface area (TPSA) is 116 Å². The maximum absolute atomic E-state index is 12.6. The van der Waals surface area contributed by atoms with Crippen LogP contribution < -0.4 is 10.1 Å². The predicted octanol–water partition coefficient (Wildman–Crippen LogP) is 3.39. The van der Waals surface area contributed by atoms with Crippen molar-refractivity contribution in [2.24, 2.45) is 11.8 Å². The minimum atomic E-state index is -1.01. The lowest BCUT2D eigenvalue weighted by molar-refractivity contribution is -0.151. The molecule has 9 nitrogen and oxygen atoms in total. The van der Waals surface area contributed by atoms with Crippen LogP contribution in [0.25, 0.3) is 0 Å². The number of nitrogens with one attached hydrogen (secondary N) is 1. The van der Waals surface area contributed by atoms with Crippen molar-refractivity contribution >= 4 is 11.9 Å². The average molecular weight is 503 g/mol. The van der Waals surface area contributed by atoms with Crippen LogP contribution in [0, 0.1) is 11.8 Å². The van der Waals surface area contributed by atoms with Crippen molar-refractivity contribution in [2.75, 3.05) is 34.0 Å². The summed E-state index contributed by atoms with van der Waals surface area (Å²) in [4.78, 5) is 29.0. The number of hydrogen-bond donors (Lipinski definition) is 2. The Morgan fingerprint density at radius 1 is 1.19 bits per heavy atom. The highest BCUT2D eigenvalue weighted by Gasteiger charge is 2.30. The maximum Gasteiger partial charge on any atom is 0.331 e. The molecular formula is C27H38N2O7. The Hall–Kier alpha value is -3.17. The van der Waals surface area contributed by atoms with Gasteiger partial charge in [0.05, 0.1) is 19.8 Å². The van der Waals surface area contributed by atoms with Crippen molar-refractivity contribution in [3.63, 3.8) is 0 Å². The Bertz CT molecular complexity index is 952. The summed E-state index contributed by atoms with van der Waals surface area (Å²) >= 11 is 0. The standard InChI is InChI=1S/C22H26N2O6.C5H12O/c1-14-10-16(11-15-6-4-3-5-7-15)12-29-13-17(22(27)30-14)24-21(26)19-20(25)18(28-2)8-9-23-19;1-5(2)4-6-3/h3-9,14,16-17,25H,10-13H2,1-2H3,(H,24,26);5H,4H2,1-3H3/t14?,16?,17-;/m0./s1. The molecule has 1 aromatic carbocycles. The van der Waals surface area contributed by atoms with Crippen molar-refractivity contribution < 1.29 is 33.6 Å². The molecule has 198 valence electrons. The van der Waals surface area contributed by atoms with E-state index in [4.69, 9.17) is 18.9 Å². The Morgan fingerprint density at radius 3 is 2.53 bits per heavy atom. The molecule has 0 aliphatic carbocycles. The highest BCUT2D eigenvalue weighted by molar-refractivity contribution is 5.98. The molecule has 1 aromatic heterocycles. The molecule has 36 heavy (non-hydrogen) atoms. The van der Waals surface area contributed by atoms with Crippen molar-refractivity contribution in [3.8, 4) is 11.5 Å². The largest absolute Gasteiger partial charge is 0.503 e. The first-order valence-corrected chi connectivity index (χ1v) is 12.1. The quantitative estimate of drug-likeness (QED) is 0.554. The molecule has 1 amide bonds. The molecule has 9 heteroatoms. The van der Waals surface area contributed by atoms with Gasteiger partial charge in [0, 0.05) is 32.6 Å². The van der Waals surface area contributed by atoms with Crippen LogP contribution in [0.3, 0.4) is 0 Å². The number of methoxy groups -OCH3 is 2. The summed E-state index contributed by atoms with van der Waals surface area (Å²) in [5.41, 5.74) is 0.949. The second-order valence-electron chi connectivity index (χ2n) is 9.16. The summed E-state index contributed by atoms with van der Waals surface area (Å²) in [7, 11) is 3.09. The van der Waals surface area contributed by atoms with Gasteiger partial charge in [-0.2, -0.15) is 0 Å². The van der Waals surface area contributed by atoms with E-state index < -0.39 is 23.7 Å². The molecule has 1 saturated heterocycles. The fraction of sp³-hybridized carbons (Fsp3) is 0.519. The monoisotopic (exact) mass is 502 g/mol. The van der Waals surface area contributed by atoms with Gasteiger partial charge in [0.1, 0.15) is 0 Å². The third-order valence-electron chi connectivity index (χ3n) is 5.40. The summed E-state index contributed by atoms with van der Waals surface area (Å²) in [5.74, 6) is -0.737. The lowest BCUT2D eigenvalue weighted by Crippen LogP contribution is -2.45. The number of cyclic esters (lactones) is 1. The van der Waals surface area contributed by atoms with Gasteiger partial charge >= 0.3 is 5.97 Å². The van der Waals surface area contributed by atoms with E-state index in [0.29, 0.717) is 18.9 Å². The lowest BCUT2D eigenvalue weighted by atomic mass is 9.95. The number of carbonyl (C=O) groups excluding carboxylic acids is 2. The van der Waals surface area contributed by atoms with E-state index in [2.05, 4.69) is 36.3 Å². The van der Waals surface area contributed by atoms with E-state index in [1.54, 1.807) is 7.11 Å². The molecule has 2 N–H and O–H groups in total. The van der Waals surface area contributed by atoms with E-state index in [-0.39, 0.29) is 30.1 Å². The summed E-state index contributed by atoms with van der Waals surface area (Å²) in [6, 6.07) is 10.5. The van der Waals surface area contributed by atoms with E-state index in [9.17, 15) is 14.7 Å². The summed E-state index contributed by atoms with van der Waals surface area (Å²) in [6.07, 6.45) is 2.47. The van der Waals surface area contributed by atoms with Gasteiger partial charge in [-0.15, -0.1) is 0 Å². The molecule has 2 aromatic rings. The average Bonchev–Trinajstić information content (AvgIpc) is 2.89. The fourth-order valence-corrected chi connectivity index (χ4v) is 3.80. The predicted molar refractivity (Wildman–Crippen MR) is 135 cm³/mol. The Balaban J connectivity index is 0.000000678. The van der Waals surface area contributed by atoms with Gasteiger partial charge < -0.3 is 29.4 Å². The molecule has 1 aliphatic rings. The zero-order valence-electron chi connectivity index (χ0n) is 21.7. The number of rotatable bonds is 7. The molecule has 3 rings (SSSR count). The van der Waals surface area contributed by atoms with Crippen LogP contribution in [-0.4, -0.2) is 68.2 Å². The van der Waals surface area contributed by atoms with Gasteiger partial charge in [-0.05, 0) is 37.2 Å². The zero-order valence-corrected chi connectivity index (χ0v) is 21.7. The Labute approximate surface area is 213 Å². The minimum Gasteiger partial charge on any atom is -0.503 e. The number of aromatic hydroxyl groups is 1. The molecule has 3 atom stereocenters. The van der Waals surface area contributed by atoms with E-state index in [1.807, 2.05) is 25.1 Å². The second kappa shape index (κ2) is 15.1. The Kier molecular flexibility index (Phi) is 12.2. The summed E-state index contributed by atoms with van der Waals surface area (Å²) in [5, 5.41) is 12.7. The number of nitrogens with zero attached hydrogens (tertiary/aromatic N) is 1. The smallest absolute Gasteiger partial charge is 0.331 e. The first-order chi connectivity index (χ1) is 17.2. The van der Waals surface area contributed by atoms with Crippen LogP contribution in [0.4, 0.5) is 0 Å². The molecule has 1 aliphatic heterocycles. The fourth-order valence-electron chi connectivity index (χ4n) is 3.80. The van der Waals surface area contributed by atoms with Crippen LogP contribution >= 0.6 is 0 Å². The van der Waals surface area contributed by atoms with Gasteiger partial charge in [-0.1, -0.05) is 44.2 Å². The highest BCUT2D eigenvalue weighted by atomic mass is 16.5. The number of esters is 1. The van der Waals surface area contributed by atoms with Crippen LogP contribution in [0.15, 0.2) is 42.6 Å². The number of ether oxygens (including phenoxy) is 4. The zero-order chi connectivity index (χ0) is 26.5. The van der Waals surface area contributed by atoms with E-state index >= 15 is 0 Å². The molecule has 2 heterocycles. The lowest BCUT2D eigenvalue weighted by Gasteiger charge is -2.20. The van der Waals surface area contributed by atoms with E-state index in [1.165, 1.54) is 24.9 Å². The molecular weight excluding hydrogens is 464 g/mol. The number of aromatic nitrogens is 1. The second-order valence-corrected chi connectivity index (χ2v) is 9.16. The summed E-state index contributed by atoms with van der Waals surface area (Å²) < 4.78 is 21.1. The normalized spacial score (nSPS) is 20.2. The van der Waals surface area contributed by atoms with Gasteiger partial charge in [0.2, 0.25) is 0 Å². The van der Waals surface area contributed by atoms with Gasteiger partial charge in [0.25, 0.3) is 5.91 Å². The first kappa shape index (κ1) is 29.1. The van der Waals surface area contributed by atoms with Crippen LogP contribution in [0.5, 0.6) is 11.5 Å². The highest BCUT2D eigenvalue weighted by Crippen LogP contribution is 2.27. The molecule has 0 bridgehead atoms. The van der Waals surface area contributed by atoms with E-state index in [0.717, 1.165) is 13.0 Å². The van der Waals surface area contributed by atoms with Crippen LogP contribution in [-0.2, 0) is 25.4 Å². The van der Waals surface area contributed by atoms with Gasteiger partial charge in [-0.3, -0.25) is 4.79 Å². The molecule has 0 radical (unpaired) electrons. The number of carbonyl (C=O) groups is 2. The number of hydrogen-bond acceptors (Lipinski definition) is 8. The number of pyridine rings is 1. The van der Waals surface area contributed by atoms with Gasteiger partial charge in [-0.25, -0.2) is 9.78 Å². The number of benzene rings is 1. The third-order valence-corrected chi connectivity index (χ3v) is 5.40. The van der Waals surface area contributed by atoms with Crippen LogP contribution in [0.2, 0.25) is 0 Å². The summed E-state index contributed by atoms with van der Waals surface area (Å²) in [6.45, 7) is 7.36. The Morgan fingerprint density at radius 2 is 1.92 bits per heavy atom. The molecule has 2 unspecified atom stereocenters. The van der Waals surface area contributed by atoms with Crippen molar-refractivity contribution in [3.05, 3.63) is 53.9 Å². The van der Waals surface area contributed by atoms with Crippen molar-refractivity contribution in [1.82, 2.24) is 10.3 Å². The SMILES string of the molecule is COCC(C)C.COc1ccnc(C(=O)N[C@H]2COCC(Cc3ccccc3)CC(C)OC2=O)c1O. The van der Waals surface area contributed by atoms with Crippen molar-refractivity contribution in [1.29, 1.82) is 0 Å². The molecule has 0 spiro atoms. The molecule has 1 fully saturated rings. The maximum atomic E-state index is 12.6. The van der Waals surface area contributed by atoms with Crippen molar-refractivity contribution in [2.45, 2.75) is 45.8 Å². The first-order valence-electron chi connectivity index (χ1n) is 12.1. The third kappa shape index (κ3) is 9.47. The van der Waals surface area contributed by atoms with Crippen LogP contribution in [0.1, 0.15) is 43.2 Å². The minimum absolute atomic E-state index is 0.0344. The number of amides is 1. The molecule has 0 saturated carbocycles.